The average Bonchev–Trinajstić information content (AvgIpc) is 2.78. The number of hydrogen-bond acceptors (Lipinski definition) is 3. The van der Waals surface area contributed by atoms with Crippen LogP contribution in [-0.2, 0) is 4.79 Å². The first-order valence-electron chi connectivity index (χ1n) is 5.59. The standard InChI is InChI=1S/C13H10BrClN2O3/c1-7(18)16-11-3-2-8(6-10(11)15)17-13(19)9-4-5-20-12(9)14/h2-6H,1H3,(H,16,18)(H,17,19). The highest BCUT2D eigenvalue weighted by molar-refractivity contribution is 9.10. The fourth-order valence-corrected chi connectivity index (χ4v) is 2.19. The van der Waals surface area contributed by atoms with Crippen LogP contribution in [-0.4, -0.2) is 11.8 Å². The molecule has 0 aliphatic rings. The van der Waals surface area contributed by atoms with Gasteiger partial charge in [-0.25, -0.2) is 0 Å². The summed E-state index contributed by atoms with van der Waals surface area (Å²) in [7, 11) is 0. The molecule has 0 spiro atoms. The topological polar surface area (TPSA) is 71.3 Å². The predicted molar refractivity (Wildman–Crippen MR) is 80.1 cm³/mol. The number of rotatable bonds is 3. The Morgan fingerprint density at radius 3 is 2.55 bits per heavy atom. The van der Waals surface area contributed by atoms with E-state index in [2.05, 4.69) is 26.6 Å². The molecule has 5 nitrogen and oxygen atoms in total. The molecule has 0 aliphatic carbocycles. The summed E-state index contributed by atoms with van der Waals surface area (Å²) in [6.45, 7) is 1.39. The van der Waals surface area contributed by atoms with Gasteiger partial charge >= 0.3 is 0 Å². The van der Waals surface area contributed by atoms with Crippen molar-refractivity contribution < 1.29 is 14.0 Å². The molecule has 0 bridgehead atoms. The summed E-state index contributed by atoms with van der Waals surface area (Å²) >= 11 is 9.15. The molecule has 7 heteroatoms. The number of benzene rings is 1. The van der Waals surface area contributed by atoms with Crippen molar-refractivity contribution in [3.05, 3.63) is 45.8 Å². The van der Waals surface area contributed by atoms with Crippen molar-refractivity contribution in [3.63, 3.8) is 0 Å². The predicted octanol–water partition coefficient (Wildman–Crippen LogP) is 3.91. The molecule has 20 heavy (non-hydrogen) atoms. The highest BCUT2D eigenvalue weighted by atomic mass is 79.9. The summed E-state index contributed by atoms with van der Waals surface area (Å²) in [4.78, 5) is 22.9. The van der Waals surface area contributed by atoms with Crippen LogP contribution in [0, 0.1) is 0 Å². The second kappa shape index (κ2) is 6.11. The van der Waals surface area contributed by atoms with Crippen molar-refractivity contribution >= 4 is 50.7 Å². The summed E-state index contributed by atoms with van der Waals surface area (Å²) in [5, 5.41) is 5.60. The molecule has 2 rings (SSSR count). The number of carbonyl (C=O) groups excluding carboxylic acids is 2. The number of carbonyl (C=O) groups is 2. The van der Waals surface area contributed by atoms with E-state index in [9.17, 15) is 9.59 Å². The zero-order chi connectivity index (χ0) is 14.7. The highest BCUT2D eigenvalue weighted by Gasteiger charge is 2.13. The van der Waals surface area contributed by atoms with Crippen LogP contribution < -0.4 is 10.6 Å². The molecule has 1 aromatic heterocycles. The maximum atomic E-state index is 12.0. The summed E-state index contributed by atoms with van der Waals surface area (Å²) in [6.07, 6.45) is 1.41. The van der Waals surface area contributed by atoms with Crippen LogP contribution in [0.2, 0.25) is 5.02 Å². The van der Waals surface area contributed by atoms with Crippen molar-refractivity contribution in [2.45, 2.75) is 6.92 Å². The van der Waals surface area contributed by atoms with Crippen LogP contribution >= 0.6 is 27.5 Å². The van der Waals surface area contributed by atoms with Crippen LogP contribution in [0.25, 0.3) is 0 Å². The van der Waals surface area contributed by atoms with Crippen LogP contribution in [0.15, 0.2) is 39.6 Å². The zero-order valence-corrected chi connectivity index (χ0v) is 12.7. The maximum absolute atomic E-state index is 12.0. The van der Waals surface area contributed by atoms with Gasteiger partial charge in [-0.2, -0.15) is 0 Å². The minimum Gasteiger partial charge on any atom is -0.457 e. The molecule has 1 heterocycles. The van der Waals surface area contributed by atoms with Gasteiger partial charge in [-0.3, -0.25) is 9.59 Å². The molecule has 0 saturated heterocycles. The molecule has 0 atom stereocenters. The van der Waals surface area contributed by atoms with Gasteiger partial charge in [0.05, 0.1) is 22.5 Å². The van der Waals surface area contributed by atoms with Crippen LogP contribution in [0.4, 0.5) is 11.4 Å². The molecule has 2 amide bonds. The summed E-state index contributed by atoms with van der Waals surface area (Å²) < 4.78 is 5.35. The minimum atomic E-state index is -0.325. The van der Waals surface area contributed by atoms with E-state index in [0.717, 1.165) is 0 Å². The van der Waals surface area contributed by atoms with Gasteiger partial charge in [-0.1, -0.05) is 11.6 Å². The molecular formula is C13H10BrClN2O3. The summed E-state index contributed by atoms with van der Waals surface area (Å²) in [5.41, 5.74) is 1.39. The van der Waals surface area contributed by atoms with E-state index in [4.69, 9.17) is 16.0 Å². The van der Waals surface area contributed by atoms with Gasteiger partial charge in [0.1, 0.15) is 0 Å². The number of furan rings is 1. The van der Waals surface area contributed by atoms with E-state index in [1.54, 1.807) is 24.3 Å². The van der Waals surface area contributed by atoms with Crippen LogP contribution in [0.3, 0.4) is 0 Å². The Balaban J connectivity index is 2.15. The van der Waals surface area contributed by atoms with Gasteiger partial charge in [0.2, 0.25) is 5.91 Å². The van der Waals surface area contributed by atoms with Crippen LogP contribution in [0.1, 0.15) is 17.3 Å². The van der Waals surface area contributed by atoms with Gasteiger partial charge in [0.15, 0.2) is 4.67 Å². The lowest BCUT2D eigenvalue weighted by Crippen LogP contribution is -2.12. The molecule has 0 radical (unpaired) electrons. The Morgan fingerprint density at radius 1 is 1.25 bits per heavy atom. The molecule has 0 saturated carbocycles. The van der Waals surface area contributed by atoms with E-state index >= 15 is 0 Å². The third-order valence-corrected chi connectivity index (χ3v) is 3.33. The van der Waals surface area contributed by atoms with Crippen molar-refractivity contribution in [1.82, 2.24) is 0 Å². The van der Waals surface area contributed by atoms with E-state index in [1.807, 2.05) is 0 Å². The number of amides is 2. The normalized spacial score (nSPS) is 10.2. The van der Waals surface area contributed by atoms with Gasteiger partial charge in [0.25, 0.3) is 5.91 Å². The van der Waals surface area contributed by atoms with Crippen molar-refractivity contribution in [3.8, 4) is 0 Å². The van der Waals surface area contributed by atoms with Gasteiger partial charge in [-0.15, -0.1) is 0 Å². The van der Waals surface area contributed by atoms with E-state index in [0.29, 0.717) is 26.6 Å². The number of anilines is 2. The Hall–Kier alpha value is -1.79. The van der Waals surface area contributed by atoms with Crippen molar-refractivity contribution in [2.75, 3.05) is 10.6 Å². The number of nitrogens with one attached hydrogen (secondary N) is 2. The average molecular weight is 358 g/mol. The van der Waals surface area contributed by atoms with Crippen LogP contribution in [0.5, 0.6) is 0 Å². The lowest BCUT2D eigenvalue weighted by Gasteiger charge is -2.08. The van der Waals surface area contributed by atoms with Crippen molar-refractivity contribution in [1.29, 1.82) is 0 Å². The SMILES string of the molecule is CC(=O)Nc1ccc(NC(=O)c2ccoc2Br)cc1Cl. The van der Waals surface area contributed by atoms with Gasteiger partial charge in [-0.05, 0) is 40.2 Å². The third-order valence-electron chi connectivity index (χ3n) is 2.40. The van der Waals surface area contributed by atoms with E-state index in [1.165, 1.54) is 13.2 Å². The molecule has 104 valence electrons. The summed E-state index contributed by atoms with van der Waals surface area (Å²) in [6, 6.07) is 6.36. The molecule has 1 aromatic carbocycles. The zero-order valence-electron chi connectivity index (χ0n) is 10.4. The first-order chi connectivity index (χ1) is 9.47. The lowest BCUT2D eigenvalue weighted by molar-refractivity contribution is -0.114. The maximum Gasteiger partial charge on any atom is 0.260 e. The Kier molecular flexibility index (Phi) is 4.46. The molecule has 0 unspecified atom stereocenters. The molecule has 2 aromatic rings. The first-order valence-corrected chi connectivity index (χ1v) is 6.76. The Bertz CT molecular complexity index is 669. The molecule has 0 aliphatic heterocycles. The number of halogens is 2. The second-order valence-electron chi connectivity index (χ2n) is 3.94. The van der Waals surface area contributed by atoms with Gasteiger partial charge in [0, 0.05) is 12.6 Å². The quantitative estimate of drug-likeness (QED) is 0.875. The second-order valence-corrected chi connectivity index (χ2v) is 5.07. The minimum absolute atomic E-state index is 0.217. The molecule has 0 fully saturated rings. The van der Waals surface area contributed by atoms with E-state index < -0.39 is 0 Å². The Labute approximate surface area is 128 Å². The highest BCUT2D eigenvalue weighted by Crippen LogP contribution is 2.26. The lowest BCUT2D eigenvalue weighted by atomic mass is 10.2. The fourth-order valence-electron chi connectivity index (χ4n) is 1.54. The molecule has 2 N–H and O–H groups in total. The monoisotopic (exact) mass is 356 g/mol. The smallest absolute Gasteiger partial charge is 0.260 e. The van der Waals surface area contributed by atoms with Crippen molar-refractivity contribution in [2.24, 2.45) is 0 Å². The Morgan fingerprint density at radius 2 is 2.00 bits per heavy atom. The number of hydrogen-bond donors (Lipinski definition) is 2. The van der Waals surface area contributed by atoms with E-state index in [-0.39, 0.29) is 11.8 Å². The largest absolute Gasteiger partial charge is 0.457 e. The first kappa shape index (κ1) is 14.6. The van der Waals surface area contributed by atoms with Gasteiger partial charge < -0.3 is 15.1 Å². The third kappa shape index (κ3) is 3.40. The summed E-state index contributed by atoms with van der Waals surface area (Å²) in [5.74, 6) is -0.542. The fraction of sp³-hybridized carbons (Fsp3) is 0.0769. The molecular weight excluding hydrogens is 348 g/mol.